The molecule has 0 saturated heterocycles. The Kier molecular flexibility index (Phi) is 4.58. The van der Waals surface area contributed by atoms with Crippen LogP contribution in [0.25, 0.3) is 0 Å². The van der Waals surface area contributed by atoms with Gasteiger partial charge in [-0.15, -0.1) is 0 Å². The maximum absolute atomic E-state index is 11.3. The van der Waals surface area contributed by atoms with Crippen LogP contribution in [0.2, 0.25) is 5.15 Å². The first kappa shape index (κ1) is 11.2. The smallest absolute Gasteiger partial charge is 0.288 e. The zero-order valence-corrected chi connectivity index (χ0v) is 8.28. The maximum atomic E-state index is 11.3. The van der Waals surface area contributed by atoms with Crippen molar-refractivity contribution < 1.29 is 9.84 Å². The lowest BCUT2D eigenvalue weighted by Crippen LogP contribution is -2.23. The van der Waals surface area contributed by atoms with Crippen LogP contribution in [0.15, 0.2) is 17.2 Å². The molecule has 14 heavy (non-hydrogen) atoms. The molecule has 0 fully saturated rings. The summed E-state index contributed by atoms with van der Waals surface area (Å²) < 4.78 is 6.42. The summed E-state index contributed by atoms with van der Waals surface area (Å²) in [5, 5.41) is 8.39. The highest BCUT2D eigenvalue weighted by atomic mass is 35.5. The number of ether oxygens (including phenoxy) is 1. The lowest BCUT2D eigenvalue weighted by Gasteiger charge is -2.05. The third-order valence-electron chi connectivity index (χ3n) is 1.58. The molecule has 0 spiro atoms. The van der Waals surface area contributed by atoms with Crippen LogP contribution in [-0.4, -0.2) is 34.5 Å². The van der Waals surface area contributed by atoms with E-state index in [9.17, 15) is 4.79 Å². The van der Waals surface area contributed by atoms with E-state index in [4.69, 9.17) is 21.4 Å². The molecule has 0 aliphatic heterocycles. The zero-order valence-electron chi connectivity index (χ0n) is 7.52. The topological polar surface area (TPSA) is 64.4 Å². The van der Waals surface area contributed by atoms with Gasteiger partial charge in [0.1, 0.15) is 0 Å². The van der Waals surface area contributed by atoms with Crippen molar-refractivity contribution in [2.75, 3.05) is 19.8 Å². The Morgan fingerprint density at radius 3 is 3.07 bits per heavy atom. The van der Waals surface area contributed by atoms with Gasteiger partial charge in [0.15, 0.2) is 5.15 Å². The first-order valence-corrected chi connectivity index (χ1v) is 4.53. The van der Waals surface area contributed by atoms with Crippen molar-refractivity contribution in [2.24, 2.45) is 0 Å². The maximum Gasteiger partial charge on any atom is 0.288 e. The average Bonchev–Trinajstić information content (AvgIpc) is 2.19. The number of rotatable bonds is 5. The molecule has 1 aromatic rings. The average molecular weight is 219 g/mol. The van der Waals surface area contributed by atoms with E-state index in [2.05, 4.69) is 4.98 Å². The Balaban J connectivity index is 2.51. The molecule has 0 radical (unpaired) electrons. The molecule has 0 amide bonds. The standard InChI is InChI=1S/C8H11ClN2O3/c9-7-8(13)11(2-1-10-7)3-5-14-6-4-12/h1-2,12H,3-6H2. The van der Waals surface area contributed by atoms with Gasteiger partial charge in [0.2, 0.25) is 0 Å². The van der Waals surface area contributed by atoms with Crippen LogP contribution in [0.3, 0.4) is 0 Å². The van der Waals surface area contributed by atoms with Gasteiger partial charge in [0, 0.05) is 18.9 Å². The second kappa shape index (κ2) is 5.74. The highest BCUT2D eigenvalue weighted by molar-refractivity contribution is 6.29. The molecule has 1 rings (SSSR count). The van der Waals surface area contributed by atoms with E-state index >= 15 is 0 Å². The number of aromatic nitrogens is 2. The fraction of sp³-hybridized carbons (Fsp3) is 0.500. The summed E-state index contributed by atoms with van der Waals surface area (Å²) in [6.45, 7) is 1.02. The molecular formula is C8H11ClN2O3. The Hall–Kier alpha value is -0.910. The van der Waals surface area contributed by atoms with Crippen molar-refractivity contribution in [3.05, 3.63) is 27.9 Å². The Labute approximate surface area is 85.9 Å². The second-order valence-electron chi connectivity index (χ2n) is 2.55. The van der Waals surface area contributed by atoms with E-state index < -0.39 is 0 Å². The van der Waals surface area contributed by atoms with Gasteiger partial charge in [-0.1, -0.05) is 11.6 Å². The lowest BCUT2D eigenvalue weighted by molar-refractivity contribution is 0.0865. The van der Waals surface area contributed by atoms with E-state index in [-0.39, 0.29) is 23.9 Å². The van der Waals surface area contributed by atoms with Gasteiger partial charge in [-0.3, -0.25) is 4.79 Å². The number of hydrogen-bond donors (Lipinski definition) is 1. The molecule has 0 unspecified atom stereocenters. The molecule has 0 aliphatic rings. The number of aliphatic hydroxyl groups excluding tert-OH is 1. The molecule has 5 nitrogen and oxygen atoms in total. The van der Waals surface area contributed by atoms with Crippen molar-refractivity contribution in [1.82, 2.24) is 9.55 Å². The molecule has 0 atom stereocenters. The molecular weight excluding hydrogens is 208 g/mol. The molecule has 0 aliphatic carbocycles. The highest BCUT2D eigenvalue weighted by Crippen LogP contribution is 1.93. The van der Waals surface area contributed by atoms with Gasteiger partial charge in [0.25, 0.3) is 5.56 Å². The molecule has 1 heterocycles. The number of nitrogens with zero attached hydrogens (tertiary/aromatic N) is 2. The van der Waals surface area contributed by atoms with Gasteiger partial charge in [-0.2, -0.15) is 0 Å². The van der Waals surface area contributed by atoms with Gasteiger partial charge in [-0.05, 0) is 0 Å². The van der Waals surface area contributed by atoms with E-state index in [1.807, 2.05) is 0 Å². The molecule has 6 heteroatoms. The van der Waals surface area contributed by atoms with Crippen molar-refractivity contribution in [2.45, 2.75) is 6.54 Å². The summed E-state index contributed by atoms with van der Waals surface area (Å²) in [5.41, 5.74) is -0.332. The minimum absolute atomic E-state index is 0.0218. The van der Waals surface area contributed by atoms with E-state index in [0.29, 0.717) is 13.2 Å². The van der Waals surface area contributed by atoms with Crippen LogP contribution < -0.4 is 5.56 Å². The molecule has 0 aromatic carbocycles. The summed E-state index contributed by atoms with van der Waals surface area (Å²) in [6, 6.07) is 0. The van der Waals surface area contributed by atoms with Crippen molar-refractivity contribution in [3.8, 4) is 0 Å². The normalized spacial score (nSPS) is 10.4. The third kappa shape index (κ3) is 3.10. The summed E-state index contributed by atoms with van der Waals surface area (Å²) in [6.07, 6.45) is 2.99. The van der Waals surface area contributed by atoms with Gasteiger partial charge in [-0.25, -0.2) is 4.98 Å². The fourth-order valence-electron chi connectivity index (χ4n) is 0.926. The molecule has 0 bridgehead atoms. The van der Waals surface area contributed by atoms with E-state index in [1.54, 1.807) is 0 Å². The predicted octanol–water partition coefficient (Wildman–Crippen LogP) is -0.0944. The number of hydrogen-bond acceptors (Lipinski definition) is 4. The van der Waals surface area contributed by atoms with Crippen LogP contribution in [0, 0.1) is 0 Å². The zero-order chi connectivity index (χ0) is 10.4. The monoisotopic (exact) mass is 218 g/mol. The van der Waals surface area contributed by atoms with Crippen LogP contribution in [-0.2, 0) is 11.3 Å². The Morgan fingerprint density at radius 2 is 2.36 bits per heavy atom. The lowest BCUT2D eigenvalue weighted by atomic mass is 10.6. The number of aliphatic hydroxyl groups is 1. The van der Waals surface area contributed by atoms with Crippen LogP contribution in [0.1, 0.15) is 0 Å². The molecule has 78 valence electrons. The summed E-state index contributed by atoms with van der Waals surface area (Å²) in [7, 11) is 0. The van der Waals surface area contributed by atoms with Gasteiger partial charge in [0.05, 0.1) is 19.8 Å². The van der Waals surface area contributed by atoms with Crippen LogP contribution in [0.4, 0.5) is 0 Å². The van der Waals surface area contributed by atoms with Crippen LogP contribution >= 0.6 is 11.6 Å². The van der Waals surface area contributed by atoms with E-state index in [0.717, 1.165) is 0 Å². The largest absolute Gasteiger partial charge is 0.394 e. The summed E-state index contributed by atoms with van der Waals surface area (Å²) in [5.74, 6) is 0. The summed E-state index contributed by atoms with van der Waals surface area (Å²) >= 11 is 5.53. The first-order chi connectivity index (χ1) is 6.75. The van der Waals surface area contributed by atoms with Crippen LogP contribution in [0.5, 0.6) is 0 Å². The molecule has 0 saturated carbocycles. The predicted molar refractivity (Wildman–Crippen MR) is 51.4 cm³/mol. The minimum Gasteiger partial charge on any atom is -0.394 e. The molecule has 1 N–H and O–H groups in total. The van der Waals surface area contributed by atoms with Gasteiger partial charge >= 0.3 is 0 Å². The van der Waals surface area contributed by atoms with E-state index in [1.165, 1.54) is 17.0 Å². The molecule has 1 aromatic heterocycles. The minimum atomic E-state index is -0.332. The Bertz CT molecular complexity index is 340. The highest BCUT2D eigenvalue weighted by Gasteiger charge is 2.00. The van der Waals surface area contributed by atoms with Crippen molar-refractivity contribution in [3.63, 3.8) is 0 Å². The van der Waals surface area contributed by atoms with Crippen molar-refractivity contribution in [1.29, 1.82) is 0 Å². The fourth-order valence-corrected chi connectivity index (χ4v) is 1.09. The first-order valence-electron chi connectivity index (χ1n) is 4.15. The quantitative estimate of drug-likeness (QED) is 0.702. The SMILES string of the molecule is O=c1c(Cl)nccn1CCOCCO. The Morgan fingerprint density at radius 1 is 1.57 bits per heavy atom. The summed E-state index contributed by atoms with van der Waals surface area (Å²) in [4.78, 5) is 14.9. The number of halogens is 1. The third-order valence-corrected chi connectivity index (χ3v) is 1.84. The van der Waals surface area contributed by atoms with Gasteiger partial charge < -0.3 is 14.4 Å². The van der Waals surface area contributed by atoms with Crippen molar-refractivity contribution >= 4 is 11.6 Å². The second-order valence-corrected chi connectivity index (χ2v) is 2.91.